The molecule has 98 valence electrons. The van der Waals surface area contributed by atoms with E-state index in [-0.39, 0.29) is 11.5 Å². The predicted molar refractivity (Wildman–Crippen MR) is 70.9 cm³/mol. The van der Waals surface area contributed by atoms with Gasteiger partial charge in [-0.15, -0.1) is 0 Å². The first-order chi connectivity index (χ1) is 8.63. The first-order valence-corrected chi connectivity index (χ1v) is 6.30. The van der Waals surface area contributed by atoms with Gasteiger partial charge in [0.1, 0.15) is 0 Å². The summed E-state index contributed by atoms with van der Waals surface area (Å²) in [5.74, 6) is 0.0494. The maximum Gasteiger partial charge on any atom is 0.223 e. The number of hydrogen-bond donors (Lipinski definition) is 2. The average molecular weight is 248 g/mol. The number of benzene rings is 1. The summed E-state index contributed by atoms with van der Waals surface area (Å²) in [6.07, 6.45) is 3.58. The second-order valence-corrected chi connectivity index (χ2v) is 4.94. The summed E-state index contributed by atoms with van der Waals surface area (Å²) < 4.78 is 5.43. The van der Waals surface area contributed by atoms with E-state index in [9.17, 15) is 4.79 Å². The van der Waals surface area contributed by atoms with Crippen molar-refractivity contribution in [1.29, 1.82) is 0 Å². The lowest BCUT2D eigenvalue weighted by molar-refractivity contribution is -0.134. The number of methoxy groups -OCH3 is 1. The van der Waals surface area contributed by atoms with E-state index >= 15 is 0 Å². The Hall–Kier alpha value is -1.55. The summed E-state index contributed by atoms with van der Waals surface area (Å²) in [5.41, 5.74) is 7.19. The fourth-order valence-corrected chi connectivity index (χ4v) is 2.22. The van der Waals surface area contributed by atoms with Gasteiger partial charge in [-0.25, -0.2) is 0 Å². The number of hydrogen-bond acceptors (Lipinski definition) is 3. The summed E-state index contributed by atoms with van der Waals surface area (Å²) >= 11 is 0. The van der Waals surface area contributed by atoms with Crippen LogP contribution < -0.4 is 11.1 Å². The first-order valence-electron chi connectivity index (χ1n) is 6.30. The molecule has 0 bridgehead atoms. The van der Waals surface area contributed by atoms with Gasteiger partial charge in [0.05, 0.1) is 12.0 Å². The Bertz CT molecular complexity index is 405. The van der Waals surface area contributed by atoms with Gasteiger partial charge in [-0.1, -0.05) is 12.1 Å². The number of carbonyl (C=O) groups is 1. The molecular formula is C14H20N2O2. The molecule has 1 saturated carbocycles. The van der Waals surface area contributed by atoms with E-state index in [2.05, 4.69) is 5.32 Å². The second kappa shape index (κ2) is 5.40. The number of rotatable bonds is 5. The van der Waals surface area contributed by atoms with Crippen LogP contribution in [0.25, 0.3) is 0 Å². The van der Waals surface area contributed by atoms with Gasteiger partial charge in [-0.05, 0) is 37.0 Å². The van der Waals surface area contributed by atoms with Crippen LogP contribution >= 0.6 is 0 Å². The van der Waals surface area contributed by atoms with E-state index in [4.69, 9.17) is 10.5 Å². The fourth-order valence-electron chi connectivity index (χ4n) is 2.22. The molecule has 4 nitrogen and oxygen atoms in total. The zero-order chi connectivity index (χ0) is 13.0. The molecule has 1 aliphatic rings. The third kappa shape index (κ3) is 3.01. The van der Waals surface area contributed by atoms with Crippen molar-refractivity contribution in [2.45, 2.75) is 37.8 Å². The van der Waals surface area contributed by atoms with Crippen molar-refractivity contribution in [3.63, 3.8) is 0 Å². The summed E-state index contributed by atoms with van der Waals surface area (Å²) in [6.45, 7) is 0.541. The maximum absolute atomic E-state index is 11.8. The van der Waals surface area contributed by atoms with Crippen LogP contribution in [0.2, 0.25) is 0 Å². The highest BCUT2D eigenvalue weighted by molar-refractivity contribution is 5.77. The van der Waals surface area contributed by atoms with E-state index in [1.807, 2.05) is 24.3 Å². The topological polar surface area (TPSA) is 64.3 Å². The smallest absolute Gasteiger partial charge is 0.223 e. The van der Waals surface area contributed by atoms with Crippen molar-refractivity contribution in [3.8, 4) is 0 Å². The SMILES string of the molecule is COC1(CC(=O)NCc2ccc(N)cc2)CCC1. The van der Waals surface area contributed by atoms with E-state index < -0.39 is 0 Å². The largest absolute Gasteiger partial charge is 0.399 e. The summed E-state index contributed by atoms with van der Waals surface area (Å²) in [6, 6.07) is 7.52. The molecule has 0 heterocycles. The van der Waals surface area contributed by atoms with E-state index in [1.54, 1.807) is 7.11 Å². The summed E-state index contributed by atoms with van der Waals surface area (Å²) in [4.78, 5) is 11.8. The Morgan fingerprint density at radius 3 is 2.56 bits per heavy atom. The van der Waals surface area contributed by atoms with Gasteiger partial charge in [0.15, 0.2) is 0 Å². The normalized spacial score (nSPS) is 16.9. The Morgan fingerprint density at radius 1 is 1.39 bits per heavy atom. The van der Waals surface area contributed by atoms with Crippen LogP contribution in [0, 0.1) is 0 Å². The molecule has 1 amide bonds. The zero-order valence-corrected chi connectivity index (χ0v) is 10.7. The van der Waals surface area contributed by atoms with Crippen molar-refractivity contribution < 1.29 is 9.53 Å². The quantitative estimate of drug-likeness (QED) is 0.781. The lowest BCUT2D eigenvalue weighted by Gasteiger charge is -2.39. The van der Waals surface area contributed by atoms with Gasteiger partial charge in [-0.2, -0.15) is 0 Å². The summed E-state index contributed by atoms with van der Waals surface area (Å²) in [7, 11) is 1.69. The standard InChI is InChI=1S/C14H20N2O2/c1-18-14(7-2-8-14)9-13(17)16-10-11-3-5-12(15)6-4-11/h3-6H,2,7-10,15H2,1H3,(H,16,17). The minimum atomic E-state index is -0.203. The Kier molecular flexibility index (Phi) is 3.87. The molecule has 0 spiro atoms. The van der Waals surface area contributed by atoms with Gasteiger partial charge in [0, 0.05) is 19.3 Å². The second-order valence-electron chi connectivity index (χ2n) is 4.94. The molecule has 0 unspecified atom stereocenters. The number of nitrogen functional groups attached to an aromatic ring is 1. The van der Waals surface area contributed by atoms with Crippen LogP contribution in [0.4, 0.5) is 5.69 Å². The lowest BCUT2D eigenvalue weighted by Crippen LogP contribution is -2.43. The van der Waals surface area contributed by atoms with Gasteiger partial charge in [0.2, 0.25) is 5.91 Å². The molecule has 0 aliphatic heterocycles. The molecule has 1 aromatic rings. The third-order valence-electron chi connectivity index (χ3n) is 3.65. The Labute approximate surface area is 108 Å². The van der Waals surface area contributed by atoms with E-state index in [0.29, 0.717) is 13.0 Å². The highest BCUT2D eigenvalue weighted by Gasteiger charge is 2.38. The van der Waals surface area contributed by atoms with Crippen LogP contribution in [0.15, 0.2) is 24.3 Å². The van der Waals surface area contributed by atoms with Crippen molar-refractivity contribution in [2.24, 2.45) is 0 Å². The molecular weight excluding hydrogens is 228 g/mol. The lowest BCUT2D eigenvalue weighted by atomic mass is 9.77. The Morgan fingerprint density at radius 2 is 2.06 bits per heavy atom. The number of amides is 1. The summed E-state index contributed by atoms with van der Waals surface area (Å²) in [5, 5.41) is 2.92. The molecule has 3 N–H and O–H groups in total. The van der Waals surface area contributed by atoms with Crippen LogP contribution in [-0.2, 0) is 16.1 Å². The van der Waals surface area contributed by atoms with Crippen LogP contribution in [0.3, 0.4) is 0 Å². The fraction of sp³-hybridized carbons (Fsp3) is 0.500. The van der Waals surface area contributed by atoms with Gasteiger partial charge >= 0.3 is 0 Å². The van der Waals surface area contributed by atoms with Crippen LogP contribution in [0.1, 0.15) is 31.2 Å². The van der Waals surface area contributed by atoms with Crippen molar-refractivity contribution in [2.75, 3.05) is 12.8 Å². The highest BCUT2D eigenvalue weighted by Crippen LogP contribution is 2.37. The van der Waals surface area contributed by atoms with Gasteiger partial charge in [-0.3, -0.25) is 4.79 Å². The molecule has 1 fully saturated rings. The highest BCUT2D eigenvalue weighted by atomic mass is 16.5. The first kappa shape index (κ1) is 12.9. The molecule has 2 rings (SSSR count). The minimum Gasteiger partial charge on any atom is -0.399 e. The van der Waals surface area contributed by atoms with Crippen molar-refractivity contribution >= 4 is 11.6 Å². The molecule has 0 radical (unpaired) electrons. The molecule has 4 heteroatoms. The molecule has 1 aliphatic carbocycles. The van der Waals surface area contributed by atoms with Crippen LogP contribution in [-0.4, -0.2) is 18.6 Å². The molecule has 18 heavy (non-hydrogen) atoms. The number of ether oxygens (including phenoxy) is 1. The van der Waals surface area contributed by atoms with Gasteiger partial charge in [0.25, 0.3) is 0 Å². The monoisotopic (exact) mass is 248 g/mol. The predicted octanol–water partition coefficient (Wildman–Crippen LogP) is 1.84. The number of nitrogens with one attached hydrogen (secondary N) is 1. The maximum atomic E-state index is 11.8. The van der Waals surface area contributed by atoms with Gasteiger partial charge < -0.3 is 15.8 Å². The molecule has 0 aromatic heterocycles. The average Bonchev–Trinajstić information content (AvgIpc) is 2.33. The third-order valence-corrected chi connectivity index (χ3v) is 3.65. The number of carbonyl (C=O) groups excluding carboxylic acids is 1. The molecule has 0 atom stereocenters. The number of anilines is 1. The van der Waals surface area contributed by atoms with E-state index in [0.717, 1.165) is 30.5 Å². The van der Waals surface area contributed by atoms with Crippen molar-refractivity contribution in [3.05, 3.63) is 29.8 Å². The Balaban J connectivity index is 1.79. The van der Waals surface area contributed by atoms with Crippen molar-refractivity contribution in [1.82, 2.24) is 5.32 Å². The number of nitrogens with two attached hydrogens (primary N) is 1. The zero-order valence-electron chi connectivity index (χ0n) is 10.7. The van der Waals surface area contributed by atoms with E-state index in [1.165, 1.54) is 0 Å². The molecule has 0 saturated heterocycles. The van der Waals surface area contributed by atoms with Crippen LogP contribution in [0.5, 0.6) is 0 Å². The minimum absolute atomic E-state index is 0.0494. The molecule has 1 aromatic carbocycles.